The number of hydrogen-bond acceptors (Lipinski definition) is 4. The van der Waals surface area contributed by atoms with Gasteiger partial charge in [-0.2, -0.15) is 0 Å². The van der Waals surface area contributed by atoms with Gasteiger partial charge in [0.05, 0.1) is 12.1 Å². The Morgan fingerprint density at radius 3 is 2.84 bits per heavy atom. The van der Waals surface area contributed by atoms with E-state index in [-0.39, 0.29) is 12.1 Å². The van der Waals surface area contributed by atoms with Crippen molar-refractivity contribution >= 4 is 22.9 Å². The van der Waals surface area contributed by atoms with Crippen LogP contribution in [0.2, 0.25) is 0 Å². The number of rotatable bonds is 3. The highest BCUT2D eigenvalue weighted by Gasteiger charge is 2.14. The number of carbonyl (C=O) groups excluding carboxylic acids is 1. The van der Waals surface area contributed by atoms with Gasteiger partial charge in [-0.25, -0.2) is 9.37 Å². The minimum Gasteiger partial charge on any atom is -0.399 e. The van der Waals surface area contributed by atoms with E-state index in [9.17, 15) is 9.18 Å². The molecule has 1 aromatic carbocycles. The molecular formula is C13H14FN3OS. The Hall–Kier alpha value is -1.95. The molecule has 1 heterocycles. The van der Waals surface area contributed by atoms with E-state index in [1.165, 1.54) is 23.5 Å². The van der Waals surface area contributed by atoms with Gasteiger partial charge in [0.15, 0.2) is 0 Å². The Morgan fingerprint density at radius 1 is 1.47 bits per heavy atom. The van der Waals surface area contributed by atoms with Crippen molar-refractivity contribution in [1.29, 1.82) is 0 Å². The van der Waals surface area contributed by atoms with E-state index < -0.39 is 11.7 Å². The van der Waals surface area contributed by atoms with E-state index in [0.717, 1.165) is 9.88 Å². The summed E-state index contributed by atoms with van der Waals surface area (Å²) in [5.41, 5.74) is 6.31. The van der Waals surface area contributed by atoms with Crippen molar-refractivity contribution in [2.45, 2.75) is 20.4 Å². The predicted molar refractivity (Wildman–Crippen MR) is 73.6 cm³/mol. The molecule has 4 nitrogen and oxygen atoms in total. The number of aryl methyl sites for hydroxylation is 2. The molecule has 19 heavy (non-hydrogen) atoms. The first-order valence-electron chi connectivity index (χ1n) is 5.72. The van der Waals surface area contributed by atoms with E-state index in [1.807, 2.05) is 6.92 Å². The van der Waals surface area contributed by atoms with Crippen LogP contribution in [-0.2, 0) is 6.54 Å². The van der Waals surface area contributed by atoms with Gasteiger partial charge in [-0.3, -0.25) is 4.79 Å². The summed E-state index contributed by atoms with van der Waals surface area (Å²) in [5.74, 6) is -1.03. The van der Waals surface area contributed by atoms with Gasteiger partial charge in [0.1, 0.15) is 10.8 Å². The van der Waals surface area contributed by atoms with Crippen LogP contribution in [0.3, 0.4) is 0 Å². The second kappa shape index (κ2) is 5.36. The van der Waals surface area contributed by atoms with Crippen molar-refractivity contribution in [1.82, 2.24) is 10.3 Å². The topological polar surface area (TPSA) is 68.0 Å². The summed E-state index contributed by atoms with van der Waals surface area (Å²) in [4.78, 5) is 17.1. The van der Waals surface area contributed by atoms with E-state index in [1.54, 1.807) is 13.1 Å². The van der Waals surface area contributed by atoms with Crippen LogP contribution in [0.15, 0.2) is 18.3 Å². The number of nitrogens with two attached hydrogens (primary N) is 1. The van der Waals surface area contributed by atoms with Crippen molar-refractivity contribution in [3.63, 3.8) is 0 Å². The molecule has 1 amide bonds. The normalized spacial score (nSPS) is 10.5. The zero-order chi connectivity index (χ0) is 14.0. The lowest BCUT2D eigenvalue weighted by Crippen LogP contribution is -2.24. The third-order valence-electron chi connectivity index (χ3n) is 2.59. The second-order valence-corrected chi connectivity index (χ2v) is 5.57. The molecule has 100 valence electrons. The maximum atomic E-state index is 13.8. The quantitative estimate of drug-likeness (QED) is 0.848. The van der Waals surface area contributed by atoms with Crippen LogP contribution in [0.25, 0.3) is 0 Å². The average molecular weight is 279 g/mol. The molecule has 0 aliphatic rings. The molecule has 0 aliphatic carbocycles. The number of nitrogens with one attached hydrogen (secondary N) is 1. The highest BCUT2D eigenvalue weighted by atomic mass is 32.1. The lowest BCUT2D eigenvalue weighted by molar-refractivity contribution is 0.0946. The summed E-state index contributed by atoms with van der Waals surface area (Å²) in [6.07, 6.45) is 1.73. The SMILES string of the molecule is Cc1cnc(CNC(=O)c2cc(N)cc(C)c2F)s1. The van der Waals surface area contributed by atoms with Crippen LogP contribution in [0.4, 0.5) is 10.1 Å². The lowest BCUT2D eigenvalue weighted by atomic mass is 10.1. The highest BCUT2D eigenvalue weighted by Crippen LogP contribution is 2.17. The van der Waals surface area contributed by atoms with Crippen LogP contribution < -0.4 is 11.1 Å². The number of aromatic nitrogens is 1. The molecule has 1 aromatic heterocycles. The second-order valence-electron chi connectivity index (χ2n) is 4.25. The minimum absolute atomic E-state index is 0.0363. The van der Waals surface area contributed by atoms with Crippen LogP contribution >= 0.6 is 11.3 Å². The third kappa shape index (κ3) is 3.08. The summed E-state index contributed by atoms with van der Waals surface area (Å²) in [7, 11) is 0. The molecule has 0 fully saturated rings. The number of anilines is 1. The molecule has 0 aliphatic heterocycles. The monoisotopic (exact) mass is 279 g/mol. The van der Waals surface area contributed by atoms with Crippen LogP contribution in [0, 0.1) is 19.7 Å². The van der Waals surface area contributed by atoms with Gasteiger partial charge < -0.3 is 11.1 Å². The van der Waals surface area contributed by atoms with E-state index in [4.69, 9.17) is 5.73 Å². The van der Waals surface area contributed by atoms with Crippen molar-refractivity contribution in [2.75, 3.05) is 5.73 Å². The summed E-state index contributed by atoms with van der Waals surface area (Å²) in [6, 6.07) is 2.83. The Balaban J connectivity index is 2.12. The van der Waals surface area contributed by atoms with Crippen molar-refractivity contribution < 1.29 is 9.18 Å². The van der Waals surface area contributed by atoms with Gasteiger partial charge >= 0.3 is 0 Å². The van der Waals surface area contributed by atoms with Crippen LogP contribution in [-0.4, -0.2) is 10.9 Å². The minimum atomic E-state index is -0.540. The van der Waals surface area contributed by atoms with Crippen molar-refractivity contribution in [3.8, 4) is 0 Å². The molecule has 0 spiro atoms. The Morgan fingerprint density at radius 2 is 2.21 bits per heavy atom. The Bertz CT molecular complexity index is 624. The molecular weight excluding hydrogens is 265 g/mol. The van der Waals surface area contributed by atoms with E-state index in [2.05, 4.69) is 10.3 Å². The third-order valence-corrected chi connectivity index (χ3v) is 3.50. The molecule has 2 aromatic rings. The summed E-state index contributed by atoms with van der Waals surface area (Å²) in [5, 5.41) is 3.42. The molecule has 0 saturated heterocycles. The number of amides is 1. The van der Waals surface area contributed by atoms with E-state index in [0.29, 0.717) is 11.3 Å². The molecule has 0 bridgehead atoms. The molecule has 0 atom stereocenters. The first kappa shape index (κ1) is 13.5. The van der Waals surface area contributed by atoms with Gasteiger partial charge in [-0.05, 0) is 31.5 Å². The molecule has 3 N–H and O–H groups in total. The van der Waals surface area contributed by atoms with Crippen molar-refractivity contribution in [2.24, 2.45) is 0 Å². The predicted octanol–water partition coefficient (Wildman–Crippen LogP) is 2.41. The number of hydrogen-bond donors (Lipinski definition) is 2. The summed E-state index contributed by atoms with van der Waals surface area (Å²) >= 11 is 1.49. The highest BCUT2D eigenvalue weighted by molar-refractivity contribution is 7.11. The van der Waals surface area contributed by atoms with E-state index >= 15 is 0 Å². The number of thiazole rings is 1. The number of halogens is 1. The number of carbonyl (C=O) groups is 1. The Labute approximate surface area is 114 Å². The zero-order valence-electron chi connectivity index (χ0n) is 10.7. The van der Waals surface area contributed by atoms with Gasteiger partial charge in [-0.15, -0.1) is 11.3 Å². The van der Waals surface area contributed by atoms with Crippen LogP contribution in [0.1, 0.15) is 25.8 Å². The number of benzene rings is 1. The molecule has 6 heteroatoms. The average Bonchev–Trinajstić information content (AvgIpc) is 2.76. The molecule has 2 rings (SSSR count). The smallest absolute Gasteiger partial charge is 0.254 e. The van der Waals surface area contributed by atoms with Crippen molar-refractivity contribution in [3.05, 3.63) is 45.2 Å². The standard InChI is InChI=1S/C13H14FN3OS/c1-7-3-9(15)4-10(12(7)14)13(18)17-6-11-16-5-8(2)19-11/h3-5H,6,15H2,1-2H3,(H,17,18). The maximum Gasteiger partial charge on any atom is 0.254 e. The Kier molecular flexibility index (Phi) is 3.80. The maximum absolute atomic E-state index is 13.8. The van der Waals surface area contributed by atoms with Gasteiger partial charge in [0.2, 0.25) is 0 Å². The summed E-state index contributed by atoms with van der Waals surface area (Å²) in [6.45, 7) is 3.79. The lowest BCUT2D eigenvalue weighted by Gasteiger charge is -2.07. The first-order valence-corrected chi connectivity index (χ1v) is 6.54. The molecule has 0 saturated carbocycles. The first-order chi connectivity index (χ1) is 8.97. The van der Waals surface area contributed by atoms with Gasteiger partial charge in [0.25, 0.3) is 5.91 Å². The fourth-order valence-corrected chi connectivity index (χ4v) is 2.42. The molecule has 0 radical (unpaired) electrons. The molecule has 0 unspecified atom stereocenters. The summed E-state index contributed by atoms with van der Waals surface area (Å²) < 4.78 is 13.8. The number of nitrogen functional groups attached to an aromatic ring is 1. The number of nitrogens with zero attached hydrogens (tertiary/aromatic N) is 1. The van der Waals surface area contributed by atoms with Gasteiger partial charge in [0, 0.05) is 16.8 Å². The largest absolute Gasteiger partial charge is 0.399 e. The zero-order valence-corrected chi connectivity index (χ0v) is 11.5. The fraction of sp³-hybridized carbons (Fsp3) is 0.231. The van der Waals surface area contributed by atoms with Gasteiger partial charge in [-0.1, -0.05) is 0 Å². The fourth-order valence-electron chi connectivity index (χ4n) is 1.70. The van der Waals surface area contributed by atoms with Crippen LogP contribution in [0.5, 0.6) is 0 Å².